The standard InChI is InChI=1S/C17H23N3O/c1-12(2)13-5-7-14(8-6-13)15-9-10-16(21)20(19-15)11-17(3,4)18/h5-10,12H,11,18H2,1-4H3. The molecule has 0 aliphatic carbocycles. The molecule has 1 aromatic carbocycles. The van der Waals surface area contributed by atoms with Gasteiger partial charge in [-0.05, 0) is 31.4 Å². The van der Waals surface area contributed by atoms with E-state index in [4.69, 9.17) is 5.73 Å². The fourth-order valence-electron chi connectivity index (χ4n) is 2.14. The van der Waals surface area contributed by atoms with Crippen molar-refractivity contribution in [2.75, 3.05) is 0 Å². The highest BCUT2D eigenvalue weighted by molar-refractivity contribution is 5.58. The zero-order valence-corrected chi connectivity index (χ0v) is 13.1. The molecule has 0 saturated carbocycles. The van der Waals surface area contributed by atoms with Crippen LogP contribution in [0.2, 0.25) is 0 Å². The first-order valence-corrected chi connectivity index (χ1v) is 7.24. The van der Waals surface area contributed by atoms with Crippen LogP contribution in [0.4, 0.5) is 0 Å². The molecule has 0 aliphatic heterocycles. The maximum Gasteiger partial charge on any atom is 0.266 e. The topological polar surface area (TPSA) is 60.9 Å². The lowest BCUT2D eigenvalue weighted by Crippen LogP contribution is -2.41. The van der Waals surface area contributed by atoms with Gasteiger partial charge < -0.3 is 5.73 Å². The molecule has 0 spiro atoms. The Balaban J connectivity index is 2.36. The average molecular weight is 285 g/mol. The molecule has 0 atom stereocenters. The monoisotopic (exact) mass is 285 g/mol. The van der Waals surface area contributed by atoms with Crippen LogP contribution in [0.1, 0.15) is 39.2 Å². The normalized spacial score (nSPS) is 11.9. The average Bonchev–Trinajstić information content (AvgIpc) is 2.40. The third kappa shape index (κ3) is 4.02. The SMILES string of the molecule is CC(C)c1ccc(-c2ccc(=O)n(CC(C)(C)N)n2)cc1. The van der Waals surface area contributed by atoms with Crippen molar-refractivity contribution in [3.8, 4) is 11.3 Å². The fourth-order valence-corrected chi connectivity index (χ4v) is 2.14. The predicted molar refractivity (Wildman–Crippen MR) is 86.3 cm³/mol. The molecule has 1 heterocycles. The lowest BCUT2D eigenvalue weighted by Gasteiger charge is -2.19. The first-order chi connectivity index (χ1) is 9.76. The van der Waals surface area contributed by atoms with Gasteiger partial charge in [-0.3, -0.25) is 4.79 Å². The molecule has 21 heavy (non-hydrogen) atoms. The minimum Gasteiger partial charge on any atom is -0.324 e. The zero-order chi connectivity index (χ0) is 15.6. The first kappa shape index (κ1) is 15.4. The van der Waals surface area contributed by atoms with Crippen LogP contribution in [0.5, 0.6) is 0 Å². The smallest absolute Gasteiger partial charge is 0.266 e. The second kappa shape index (κ2) is 5.82. The Bertz CT molecular complexity index is 664. The summed E-state index contributed by atoms with van der Waals surface area (Å²) in [7, 11) is 0. The van der Waals surface area contributed by atoms with Crippen molar-refractivity contribution in [1.82, 2.24) is 9.78 Å². The molecule has 4 heteroatoms. The lowest BCUT2D eigenvalue weighted by atomic mass is 10.0. The van der Waals surface area contributed by atoms with Crippen LogP contribution in [0, 0.1) is 0 Å². The summed E-state index contributed by atoms with van der Waals surface area (Å²) in [5, 5.41) is 4.43. The van der Waals surface area contributed by atoms with Gasteiger partial charge in [-0.1, -0.05) is 38.1 Å². The van der Waals surface area contributed by atoms with Gasteiger partial charge in [0.2, 0.25) is 0 Å². The number of nitrogens with zero attached hydrogens (tertiary/aromatic N) is 2. The van der Waals surface area contributed by atoms with Gasteiger partial charge in [0.05, 0.1) is 12.2 Å². The summed E-state index contributed by atoms with van der Waals surface area (Å²) < 4.78 is 1.44. The number of aromatic nitrogens is 2. The summed E-state index contributed by atoms with van der Waals surface area (Å²) in [4.78, 5) is 11.9. The first-order valence-electron chi connectivity index (χ1n) is 7.24. The molecule has 112 valence electrons. The van der Waals surface area contributed by atoms with Crippen molar-refractivity contribution in [3.05, 3.63) is 52.3 Å². The molecule has 4 nitrogen and oxygen atoms in total. The molecule has 0 amide bonds. The molecule has 0 saturated heterocycles. The van der Waals surface area contributed by atoms with E-state index >= 15 is 0 Å². The van der Waals surface area contributed by atoms with E-state index in [1.807, 2.05) is 26.0 Å². The molecule has 2 aromatic rings. The summed E-state index contributed by atoms with van der Waals surface area (Å²) in [5.74, 6) is 0.499. The Hall–Kier alpha value is -1.94. The molecule has 0 unspecified atom stereocenters. The molecular weight excluding hydrogens is 262 g/mol. The van der Waals surface area contributed by atoms with Gasteiger partial charge in [-0.25, -0.2) is 4.68 Å². The molecule has 0 fully saturated rings. The van der Waals surface area contributed by atoms with Gasteiger partial charge in [0.1, 0.15) is 0 Å². The fraction of sp³-hybridized carbons (Fsp3) is 0.412. The summed E-state index contributed by atoms with van der Waals surface area (Å²) in [6, 6.07) is 11.6. The van der Waals surface area contributed by atoms with E-state index < -0.39 is 5.54 Å². The lowest BCUT2D eigenvalue weighted by molar-refractivity contribution is 0.397. The summed E-state index contributed by atoms with van der Waals surface area (Å²) >= 11 is 0. The highest BCUT2D eigenvalue weighted by atomic mass is 16.1. The Labute approximate surface area is 125 Å². The van der Waals surface area contributed by atoms with E-state index in [1.54, 1.807) is 12.1 Å². The number of benzene rings is 1. The summed E-state index contributed by atoms with van der Waals surface area (Å²) in [5.41, 5.74) is 8.45. The van der Waals surface area contributed by atoms with Crippen molar-refractivity contribution < 1.29 is 0 Å². The van der Waals surface area contributed by atoms with Crippen molar-refractivity contribution in [2.45, 2.75) is 45.7 Å². The van der Waals surface area contributed by atoms with E-state index in [9.17, 15) is 4.79 Å². The number of hydrogen-bond acceptors (Lipinski definition) is 3. The Morgan fingerprint density at radius 2 is 1.76 bits per heavy atom. The molecule has 0 bridgehead atoms. The minimum atomic E-state index is -0.475. The highest BCUT2D eigenvalue weighted by Crippen LogP contribution is 2.20. The summed E-state index contributed by atoms with van der Waals surface area (Å²) in [6.45, 7) is 8.48. The van der Waals surface area contributed by atoms with Crippen LogP contribution in [0.15, 0.2) is 41.2 Å². The minimum absolute atomic E-state index is 0.129. The second-order valence-corrected chi connectivity index (χ2v) is 6.48. The van der Waals surface area contributed by atoms with Crippen molar-refractivity contribution in [1.29, 1.82) is 0 Å². The van der Waals surface area contributed by atoms with E-state index in [0.29, 0.717) is 12.5 Å². The van der Waals surface area contributed by atoms with E-state index in [2.05, 4.69) is 31.1 Å². The van der Waals surface area contributed by atoms with Crippen LogP contribution in [-0.2, 0) is 6.54 Å². The third-order valence-electron chi connectivity index (χ3n) is 3.30. The van der Waals surface area contributed by atoms with Crippen LogP contribution in [0.3, 0.4) is 0 Å². The van der Waals surface area contributed by atoms with E-state index in [1.165, 1.54) is 10.2 Å². The van der Waals surface area contributed by atoms with Gasteiger partial charge in [0, 0.05) is 17.2 Å². The summed E-state index contributed by atoms with van der Waals surface area (Å²) in [6.07, 6.45) is 0. The van der Waals surface area contributed by atoms with Gasteiger partial charge in [-0.15, -0.1) is 0 Å². The molecular formula is C17H23N3O. The number of nitrogens with two attached hydrogens (primary N) is 1. The molecule has 2 N–H and O–H groups in total. The zero-order valence-electron chi connectivity index (χ0n) is 13.1. The van der Waals surface area contributed by atoms with Crippen molar-refractivity contribution in [3.63, 3.8) is 0 Å². The maximum atomic E-state index is 11.9. The Morgan fingerprint density at radius 1 is 1.14 bits per heavy atom. The highest BCUT2D eigenvalue weighted by Gasteiger charge is 2.14. The number of hydrogen-bond donors (Lipinski definition) is 1. The Kier molecular flexibility index (Phi) is 4.28. The van der Waals surface area contributed by atoms with Gasteiger partial charge in [-0.2, -0.15) is 5.10 Å². The van der Waals surface area contributed by atoms with Gasteiger partial charge in [0.15, 0.2) is 0 Å². The molecule has 0 aliphatic rings. The number of rotatable bonds is 4. The van der Waals surface area contributed by atoms with Crippen LogP contribution >= 0.6 is 0 Å². The Morgan fingerprint density at radius 3 is 2.29 bits per heavy atom. The largest absolute Gasteiger partial charge is 0.324 e. The van der Waals surface area contributed by atoms with Crippen LogP contribution in [0.25, 0.3) is 11.3 Å². The third-order valence-corrected chi connectivity index (χ3v) is 3.30. The van der Waals surface area contributed by atoms with Crippen LogP contribution < -0.4 is 11.3 Å². The predicted octanol–water partition coefficient (Wildman–Crippen LogP) is 2.77. The van der Waals surface area contributed by atoms with Crippen molar-refractivity contribution in [2.24, 2.45) is 5.73 Å². The van der Waals surface area contributed by atoms with Gasteiger partial charge >= 0.3 is 0 Å². The van der Waals surface area contributed by atoms with Gasteiger partial charge in [0.25, 0.3) is 5.56 Å². The maximum absolute atomic E-state index is 11.9. The second-order valence-electron chi connectivity index (χ2n) is 6.48. The van der Waals surface area contributed by atoms with E-state index in [0.717, 1.165) is 11.3 Å². The quantitative estimate of drug-likeness (QED) is 0.939. The van der Waals surface area contributed by atoms with E-state index in [-0.39, 0.29) is 5.56 Å². The molecule has 0 radical (unpaired) electrons. The molecule has 2 rings (SSSR count). The van der Waals surface area contributed by atoms with Crippen molar-refractivity contribution >= 4 is 0 Å². The molecule has 1 aromatic heterocycles. The van der Waals surface area contributed by atoms with Crippen LogP contribution in [-0.4, -0.2) is 15.3 Å².